The molecule has 1 aromatic carbocycles. The van der Waals surface area contributed by atoms with Crippen molar-refractivity contribution in [2.24, 2.45) is 7.05 Å². The van der Waals surface area contributed by atoms with E-state index in [4.69, 9.17) is 4.98 Å². The van der Waals surface area contributed by atoms with E-state index in [-0.39, 0.29) is 11.9 Å². The van der Waals surface area contributed by atoms with Crippen LogP contribution in [0.4, 0.5) is 0 Å². The SMILES string of the molecule is C[C@@H](CCN1CCCCCC1)NC(=O)c1cc(-c2ccnn2C)nc2ccccc12. The van der Waals surface area contributed by atoms with Crippen LogP contribution in [0.1, 0.15) is 49.4 Å². The summed E-state index contributed by atoms with van der Waals surface area (Å²) in [7, 11) is 1.89. The number of nitrogens with zero attached hydrogens (tertiary/aromatic N) is 4. The highest BCUT2D eigenvalue weighted by atomic mass is 16.1. The summed E-state index contributed by atoms with van der Waals surface area (Å²) in [6.07, 6.45) is 7.98. The van der Waals surface area contributed by atoms with Gasteiger partial charge in [0, 0.05) is 31.2 Å². The van der Waals surface area contributed by atoms with Crippen LogP contribution in [0.3, 0.4) is 0 Å². The van der Waals surface area contributed by atoms with E-state index in [1.54, 1.807) is 10.9 Å². The minimum atomic E-state index is -0.0413. The molecule has 4 rings (SSSR count). The number of carbonyl (C=O) groups excluding carboxylic acids is 1. The van der Waals surface area contributed by atoms with Gasteiger partial charge in [-0.1, -0.05) is 31.0 Å². The Bertz CT molecular complexity index is 1000. The maximum Gasteiger partial charge on any atom is 0.252 e. The van der Waals surface area contributed by atoms with E-state index in [0.29, 0.717) is 5.56 Å². The molecule has 3 heterocycles. The lowest BCUT2D eigenvalue weighted by Crippen LogP contribution is -2.36. The lowest BCUT2D eigenvalue weighted by atomic mass is 10.0. The molecular formula is C24H31N5O. The Hall–Kier alpha value is -2.73. The predicted molar refractivity (Wildman–Crippen MR) is 120 cm³/mol. The average molecular weight is 406 g/mol. The van der Waals surface area contributed by atoms with Crippen LogP contribution < -0.4 is 5.32 Å². The molecular weight excluding hydrogens is 374 g/mol. The summed E-state index contributed by atoms with van der Waals surface area (Å²) >= 11 is 0. The Balaban J connectivity index is 1.51. The average Bonchev–Trinajstić information content (AvgIpc) is 3.01. The van der Waals surface area contributed by atoms with E-state index in [0.717, 1.165) is 35.3 Å². The van der Waals surface area contributed by atoms with Gasteiger partial charge in [-0.05, 0) is 57.5 Å². The Kier molecular flexibility index (Phi) is 6.43. The molecule has 1 saturated heterocycles. The number of rotatable bonds is 6. The van der Waals surface area contributed by atoms with Crippen molar-refractivity contribution in [2.75, 3.05) is 19.6 Å². The molecule has 0 bridgehead atoms. The fraction of sp³-hybridized carbons (Fsp3) is 0.458. The molecule has 0 spiro atoms. The van der Waals surface area contributed by atoms with Crippen LogP contribution in [0, 0.1) is 0 Å². The highest BCUT2D eigenvalue weighted by Crippen LogP contribution is 2.24. The molecule has 1 aliphatic rings. The number of hydrogen-bond donors (Lipinski definition) is 1. The number of para-hydroxylation sites is 1. The number of amides is 1. The summed E-state index contributed by atoms with van der Waals surface area (Å²) in [6.45, 7) is 5.51. The summed E-state index contributed by atoms with van der Waals surface area (Å²) < 4.78 is 1.78. The summed E-state index contributed by atoms with van der Waals surface area (Å²) in [5.41, 5.74) is 3.14. The second-order valence-electron chi connectivity index (χ2n) is 8.33. The minimum absolute atomic E-state index is 0.0413. The van der Waals surface area contributed by atoms with Crippen molar-refractivity contribution in [3.8, 4) is 11.4 Å². The Morgan fingerprint density at radius 2 is 1.90 bits per heavy atom. The standard InChI is InChI=1S/C24H31N5O/c1-18(12-16-29-14-7-3-4-8-15-29)26-24(30)20-17-22(23-11-13-25-28(23)2)27-21-10-6-5-9-19(20)21/h5-6,9-11,13,17-18H,3-4,7-8,12,14-16H2,1-2H3,(H,26,30)/t18-/m0/s1. The molecule has 30 heavy (non-hydrogen) atoms. The molecule has 1 N–H and O–H groups in total. The maximum atomic E-state index is 13.2. The van der Waals surface area contributed by atoms with Gasteiger partial charge in [-0.3, -0.25) is 9.48 Å². The number of carbonyl (C=O) groups is 1. The smallest absolute Gasteiger partial charge is 0.252 e. The largest absolute Gasteiger partial charge is 0.350 e. The number of pyridine rings is 1. The first-order valence-electron chi connectivity index (χ1n) is 11.0. The Morgan fingerprint density at radius 1 is 1.13 bits per heavy atom. The quantitative estimate of drug-likeness (QED) is 0.673. The van der Waals surface area contributed by atoms with Gasteiger partial charge in [-0.2, -0.15) is 5.10 Å². The molecule has 3 aromatic rings. The first-order chi connectivity index (χ1) is 14.6. The number of benzene rings is 1. The molecule has 2 aromatic heterocycles. The topological polar surface area (TPSA) is 63.1 Å². The summed E-state index contributed by atoms with van der Waals surface area (Å²) in [5.74, 6) is -0.0413. The number of nitrogens with one attached hydrogen (secondary N) is 1. The van der Waals surface area contributed by atoms with Crippen LogP contribution in [-0.4, -0.2) is 51.2 Å². The number of fused-ring (bicyclic) bond motifs is 1. The third kappa shape index (κ3) is 4.70. The monoisotopic (exact) mass is 405 g/mol. The number of aryl methyl sites for hydroxylation is 1. The number of aromatic nitrogens is 3. The van der Waals surface area contributed by atoms with Crippen molar-refractivity contribution in [1.29, 1.82) is 0 Å². The van der Waals surface area contributed by atoms with Crippen molar-refractivity contribution < 1.29 is 4.79 Å². The molecule has 1 atom stereocenters. The van der Waals surface area contributed by atoms with Crippen molar-refractivity contribution in [3.63, 3.8) is 0 Å². The zero-order valence-corrected chi connectivity index (χ0v) is 18.0. The molecule has 0 aliphatic carbocycles. The van der Waals surface area contributed by atoms with Crippen LogP contribution in [0.25, 0.3) is 22.3 Å². The van der Waals surface area contributed by atoms with E-state index in [1.165, 1.54) is 38.8 Å². The first-order valence-corrected chi connectivity index (χ1v) is 11.0. The van der Waals surface area contributed by atoms with E-state index in [9.17, 15) is 4.79 Å². The third-order valence-corrected chi connectivity index (χ3v) is 6.00. The molecule has 6 nitrogen and oxygen atoms in total. The van der Waals surface area contributed by atoms with Crippen LogP contribution in [0.15, 0.2) is 42.6 Å². The van der Waals surface area contributed by atoms with Crippen LogP contribution in [0.2, 0.25) is 0 Å². The summed E-state index contributed by atoms with van der Waals surface area (Å²) in [6, 6.07) is 11.7. The Labute approximate surface area is 178 Å². The van der Waals surface area contributed by atoms with Crippen LogP contribution in [0.5, 0.6) is 0 Å². The van der Waals surface area contributed by atoms with Crippen molar-refractivity contribution >= 4 is 16.8 Å². The van der Waals surface area contributed by atoms with Crippen molar-refractivity contribution in [2.45, 2.75) is 45.1 Å². The van der Waals surface area contributed by atoms with Crippen molar-refractivity contribution in [1.82, 2.24) is 25.0 Å². The van der Waals surface area contributed by atoms with E-state index in [2.05, 4.69) is 22.2 Å². The van der Waals surface area contributed by atoms with Crippen molar-refractivity contribution in [3.05, 3.63) is 48.2 Å². The minimum Gasteiger partial charge on any atom is -0.350 e. The van der Waals surface area contributed by atoms with Gasteiger partial charge in [-0.15, -0.1) is 0 Å². The Morgan fingerprint density at radius 3 is 2.63 bits per heavy atom. The normalized spacial score (nSPS) is 16.3. The fourth-order valence-corrected chi connectivity index (χ4v) is 4.23. The molecule has 1 amide bonds. The fourth-order valence-electron chi connectivity index (χ4n) is 4.23. The molecule has 6 heteroatoms. The van der Waals surface area contributed by atoms with Gasteiger partial charge < -0.3 is 10.2 Å². The van der Waals surface area contributed by atoms with Gasteiger partial charge >= 0.3 is 0 Å². The lowest BCUT2D eigenvalue weighted by Gasteiger charge is -2.22. The highest BCUT2D eigenvalue weighted by molar-refractivity contribution is 6.07. The molecule has 0 unspecified atom stereocenters. The summed E-state index contributed by atoms with van der Waals surface area (Å²) in [5, 5.41) is 8.33. The van der Waals surface area contributed by atoms with Gasteiger partial charge in [-0.25, -0.2) is 4.98 Å². The molecule has 0 radical (unpaired) electrons. The number of likely N-dealkylation sites (tertiary alicyclic amines) is 1. The van der Waals surface area contributed by atoms with Gasteiger partial charge in [0.05, 0.1) is 22.5 Å². The van der Waals surface area contributed by atoms with E-state index >= 15 is 0 Å². The van der Waals surface area contributed by atoms with E-state index in [1.807, 2.05) is 43.4 Å². The van der Waals surface area contributed by atoms with Gasteiger partial charge in [0.1, 0.15) is 0 Å². The van der Waals surface area contributed by atoms with E-state index < -0.39 is 0 Å². The second kappa shape index (κ2) is 9.39. The molecule has 0 saturated carbocycles. The van der Waals surface area contributed by atoms with Crippen LogP contribution in [-0.2, 0) is 7.05 Å². The summed E-state index contributed by atoms with van der Waals surface area (Å²) in [4.78, 5) is 20.5. The first kappa shape index (κ1) is 20.5. The third-order valence-electron chi connectivity index (χ3n) is 6.00. The predicted octanol–water partition coefficient (Wildman–Crippen LogP) is 4.02. The lowest BCUT2D eigenvalue weighted by molar-refractivity contribution is 0.0937. The molecule has 1 aliphatic heterocycles. The number of hydrogen-bond acceptors (Lipinski definition) is 4. The zero-order chi connectivity index (χ0) is 20.9. The zero-order valence-electron chi connectivity index (χ0n) is 18.0. The van der Waals surface area contributed by atoms with Gasteiger partial charge in [0.2, 0.25) is 0 Å². The van der Waals surface area contributed by atoms with Gasteiger partial charge in [0.15, 0.2) is 0 Å². The molecule has 1 fully saturated rings. The molecule has 158 valence electrons. The second-order valence-corrected chi connectivity index (χ2v) is 8.33. The maximum absolute atomic E-state index is 13.2. The van der Waals surface area contributed by atoms with Crippen LogP contribution >= 0.6 is 0 Å². The van der Waals surface area contributed by atoms with Gasteiger partial charge in [0.25, 0.3) is 5.91 Å². The highest BCUT2D eigenvalue weighted by Gasteiger charge is 2.18.